The number of aliphatic hydroxyl groups is 1. The van der Waals surface area contributed by atoms with Gasteiger partial charge in [0.1, 0.15) is 0 Å². The van der Waals surface area contributed by atoms with E-state index in [2.05, 4.69) is 10.1 Å². The molecule has 0 heterocycles. The smallest absolute Gasteiger partial charge is 0.406 e. The summed E-state index contributed by atoms with van der Waals surface area (Å²) in [6, 6.07) is 6.95. The van der Waals surface area contributed by atoms with Gasteiger partial charge in [-0.3, -0.25) is 0 Å². The van der Waals surface area contributed by atoms with Crippen LogP contribution in [0.15, 0.2) is 24.3 Å². The van der Waals surface area contributed by atoms with E-state index in [1.807, 2.05) is 0 Å². The van der Waals surface area contributed by atoms with Crippen LogP contribution < -0.4 is 11.1 Å². The van der Waals surface area contributed by atoms with Crippen LogP contribution in [0, 0.1) is 0 Å². The number of nitrogen functional groups attached to an aromatic ring is 1. The zero-order valence-electron chi connectivity index (χ0n) is 8.43. The van der Waals surface area contributed by atoms with E-state index in [-0.39, 0.29) is 6.54 Å². The van der Waals surface area contributed by atoms with Crippen LogP contribution in [0.5, 0.6) is 0 Å². The van der Waals surface area contributed by atoms with Crippen LogP contribution in [0.25, 0.3) is 0 Å². The number of aliphatic hydroxyl groups excluding tert-OH is 1. The minimum Gasteiger partial charge on any atom is -0.453 e. The topological polar surface area (TPSA) is 84.6 Å². The lowest BCUT2D eigenvalue weighted by Crippen LogP contribution is -2.28. The van der Waals surface area contributed by atoms with Gasteiger partial charge in [-0.05, 0) is 6.07 Å². The molecule has 0 fully saturated rings. The molecule has 0 aliphatic heterocycles. The fourth-order valence-electron chi connectivity index (χ4n) is 1.18. The summed E-state index contributed by atoms with van der Waals surface area (Å²) in [5, 5.41) is 12.1. The normalized spacial score (nSPS) is 11.9. The number of nitrogens with one attached hydrogen (secondary N) is 1. The Kier molecular flexibility index (Phi) is 3.93. The summed E-state index contributed by atoms with van der Waals surface area (Å²) in [6.07, 6.45) is -1.41. The lowest BCUT2D eigenvalue weighted by atomic mass is 10.1. The molecule has 5 nitrogen and oxygen atoms in total. The van der Waals surface area contributed by atoms with Gasteiger partial charge in [-0.2, -0.15) is 0 Å². The molecule has 0 saturated carbocycles. The molecule has 0 saturated heterocycles. The average molecular weight is 210 g/mol. The molecule has 0 spiro atoms. The van der Waals surface area contributed by atoms with Crippen LogP contribution in [-0.4, -0.2) is 24.9 Å². The predicted octanol–water partition coefficient (Wildman–Crippen LogP) is 0.658. The second-order valence-electron chi connectivity index (χ2n) is 3.02. The average Bonchev–Trinajstić information content (AvgIpc) is 2.26. The largest absolute Gasteiger partial charge is 0.453 e. The Labute approximate surface area is 87.9 Å². The van der Waals surface area contributed by atoms with Crippen molar-refractivity contribution in [2.24, 2.45) is 0 Å². The quantitative estimate of drug-likeness (QED) is 0.640. The molecule has 0 aliphatic rings. The van der Waals surface area contributed by atoms with Crippen molar-refractivity contribution >= 4 is 11.8 Å². The number of alkyl carbamates (subject to hydrolysis) is 1. The van der Waals surface area contributed by atoms with Gasteiger partial charge in [0.2, 0.25) is 0 Å². The number of hydrogen-bond donors (Lipinski definition) is 3. The third kappa shape index (κ3) is 3.14. The Balaban J connectivity index is 2.57. The highest BCUT2D eigenvalue weighted by Gasteiger charge is 2.11. The SMILES string of the molecule is COC(=O)NCC(O)c1ccccc1N. The highest BCUT2D eigenvalue weighted by Crippen LogP contribution is 2.18. The maximum absolute atomic E-state index is 10.8. The first kappa shape index (κ1) is 11.3. The fourth-order valence-corrected chi connectivity index (χ4v) is 1.18. The van der Waals surface area contributed by atoms with E-state index in [9.17, 15) is 9.90 Å². The molecule has 15 heavy (non-hydrogen) atoms. The van der Waals surface area contributed by atoms with E-state index < -0.39 is 12.2 Å². The van der Waals surface area contributed by atoms with Crippen molar-refractivity contribution < 1.29 is 14.6 Å². The molecular weight excluding hydrogens is 196 g/mol. The van der Waals surface area contributed by atoms with Crippen molar-refractivity contribution in [1.82, 2.24) is 5.32 Å². The van der Waals surface area contributed by atoms with E-state index in [1.54, 1.807) is 24.3 Å². The van der Waals surface area contributed by atoms with E-state index in [0.29, 0.717) is 11.3 Å². The predicted molar refractivity (Wildman–Crippen MR) is 56.2 cm³/mol. The lowest BCUT2D eigenvalue weighted by molar-refractivity contribution is 0.147. The summed E-state index contributed by atoms with van der Waals surface area (Å²) >= 11 is 0. The summed E-state index contributed by atoms with van der Waals surface area (Å²) in [7, 11) is 1.26. The molecule has 0 radical (unpaired) electrons. The number of benzene rings is 1. The first-order valence-electron chi connectivity index (χ1n) is 4.49. The van der Waals surface area contributed by atoms with Gasteiger partial charge in [-0.1, -0.05) is 18.2 Å². The molecule has 1 amide bonds. The highest BCUT2D eigenvalue weighted by atomic mass is 16.5. The van der Waals surface area contributed by atoms with Crippen LogP contribution in [0.4, 0.5) is 10.5 Å². The molecule has 0 aliphatic carbocycles. The standard InChI is InChI=1S/C10H14N2O3/c1-15-10(14)12-6-9(13)7-4-2-3-5-8(7)11/h2-5,9,13H,6,11H2,1H3,(H,12,14). The van der Waals surface area contributed by atoms with E-state index >= 15 is 0 Å². The molecule has 1 atom stereocenters. The number of methoxy groups -OCH3 is 1. The van der Waals surface area contributed by atoms with Gasteiger partial charge in [0.05, 0.1) is 19.8 Å². The van der Waals surface area contributed by atoms with Gasteiger partial charge in [0.15, 0.2) is 0 Å². The van der Waals surface area contributed by atoms with Crippen LogP contribution >= 0.6 is 0 Å². The van der Waals surface area contributed by atoms with E-state index in [0.717, 1.165) is 0 Å². The van der Waals surface area contributed by atoms with Gasteiger partial charge in [-0.25, -0.2) is 4.79 Å². The second-order valence-corrected chi connectivity index (χ2v) is 3.02. The number of carbonyl (C=O) groups excluding carboxylic acids is 1. The molecule has 1 aromatic carbocycles. The van der Waals surface area contributed by atoms with Gasteiger partial charge in [0, 0.05) is 11.3 Å². The summed E-state index contributed by atoms with van der Waals surface area (Å²) in [4.78, 5) is 10.8. The van der Waals surface area contributed by atoms with Crippen molar-refractivity contribution in [2.45, 2.75) is 6.10 Å². The molecule has 82 valence electrons. The van der Waals surface area contributed by atoms with Gasteiger partial charge in [0.25, 0.3) is 0 Å². The van der Waals surface area contributed by atoms with E-state index in [1.165, 1.54) is 7.11 Å². The van der Waals surface area contributed by atoms with Crippen LogP contribution in [0.1, 0.15) is 11.7 Å². The van der Waals surface area contributed by atoms with Gasteiger partial charge < -0.3 is 20.9 Å². The Morgan fingerprint density at radius 2 is 2.27 bits per heavy atom. The number of para-hydroxylation sites is 1. The Morgan fingerprint density at radius 1 is 1.60 bits per heavy atom. The van der Waals surface area contributed by atoms with Crippen LogP contribution in [0.2, 0.25) is 0 Å². The maximum Gasteiger partial charge on any atom is 0.406 e. The summed E-state index contributed by atoms with van der Waals surface area (Å²) in [5.74, 6) is 0. The molecule has 4 N–H and O–H groups in total. The van der Waals surface area contributed by atoms with Crippen LogP contribution in [-0.2, 0) is 4.74 Å². The second kappa shape index (κ2) is 5.21. The number of amides is 1. The Morgan fingerprint density at radius 3 is 2.87 bits per heavy atom. The Hall–Kier alpha value is -1.75. The van der Waals surface area contributed by atoms with Crippen molar-refractivity contribution in [3.8, 4) is 0 Å². The summed E-state index contributed by atoms with van der Waals surface area (Å²) < 4.78 is 4.37. The molecule has 0 bridgehead atoms. The minimum absolute atomic E-state index is 0.0703. The minimum atomic E-state index is -0.828. The molecule has 1 rings (SSSR count). The molecule has 0 aromatic heterocycles. The number of ether oxygens (including phenoxy) is 1. The Bertz CT molecular complexity index is 341. The summed E-state index contributed by atoms with van der Waals surface area (Å²) in [5.41, 5.74) is 6.74. The monoisotopic (exact) mass is 210 g/mol. The zero-order valence-corrected chi connectivity index (χ0v) is 8.43. The van der Waals surface area contributed by atoms with Crippen molar-refractivity contribution in [3.63, 3.8) is 0 Å². The van der Waals surface area contributed by atoms with Crippen LogP contribution in [0.3, 0.4) is 0 Å². The lowest BCUT2D eigenvalue weighted by Gasteiger charge is -2.13. The number of nitrogens with two attached hydrogens (primary N) is 1. The first-order valence-corrected chi connectivity index (χ1v) is 4.49. The third-order valence-corrected chi connectivity index (χ3v) is 1.98. The van der Waals surface area contributed by atoms with Crippen molar-refractivity contribution in [2.75, 3.05) is 19.4 Å². The molecule has 1 unspecified atom stereocenters. The molecule has 1 aromatic rings. The molecular formula is C10H14N2O3. The number of rotatable bonds is 3. The highest BCUT2D eigenvalue weighted by molar-refractivity contribution is 5.67. The first-order chi connectivity index (χ1) is 7.15. The fraction of sp³-hybridized carbons (Fsp3) is 0.300. The number of anilines is 1. The number of hydrogen-bond acceptors (Lipinski definition) is 4. The zero-order chi connectivity index (χ0) is 11.3. The third-order valence-electron chi connectivity index (χ3n) is 1.98. The van der Waals surface area contributed by atoms with Crippen molar-refractivity contribution in [3.05, 3.63) is 29.8 Å². The van der Waals surface area contributed by atoms with Gasteiger partial charge >= 0.3 is 6.09 Å². The molecule has 5 heteroatoms. The van der Waals surface area contributed by atoms with Gasteiger partial charge in [-0.15, -0.1) is 0 Å². The maximum atomic E-state index is 10.8. The van der Waals surface area contributed by atoms with E-state index in [4.69, 9.17) is 5.73 Å². The van der Waals surface area contributed by atoms with Crippen molar-refractivity contribution in [1.29, 1.82) is 0 Å². The number of carbonyl (C=O) groups is 1. The summed E-state index contributed by atoms with van der Waals surface area (Å²) in [6.45, 7) is 0.0703.